The van der Waals surface area contributed by atoms with Crippen molar-refractivity contribution in [2.75, 3.05) is 6.54 Å². The van der Waals surface area contributed by atoms with E-state index >= 15 is 0 Å². The highest BCUT2D eigenvalue weighted by molar-refractivity contribution is 5.75. The Bertz CT molecular complexity index is 402. The molecule has 0 aromatic carbocycles. The van der Waals surface area contributed by atoms with Crippen LogP contribution in [0.3, 0.4) is 0 Å². The summed E-state index contributed by atoms with van der Waals surface area (Å²) in [4.78, 5) is 11.9. The van der Waals surface area contributed by atoms with Crippen LogP contribution in [0.4, 0.5) is 0 Å². The molecule has 1 unspecified atom stereocenters. The van der Waals surface area contributed by atoms with Gasteiger partial charge in [-0.25, -0.2) is 4.68 Å². The maximum Gasteiger partial charge on any atom is 0.242 e. The van der Waals surface area contributed by atoms with Crippen molar-refractivity contribution in [1.82, 2.24) is 25.6 Å². The Morgan fingerprint density at radius 3 is 2.75 bits per heavy atom. The van der Waals surface area contributed by atoms with E-state index in [-0.39, 0.29) is 18.5 Å². The Hall–Kier alpha value is -1.43. The molecule has 114 valence electrons. The molecule has 20 heavy (non-hydrogen) atoms. The summed E-state index contributed by atoms with van der Waals surface area (Å²) >= 11 is 0. The third kappa shape index (κ3) is 6.65. The predicted molar refractivity (Wildman–Crippen MR) is 79.1 cm³/mol. The highest BCUT2D eigenvalue weighted by Gasteiger charge is 2.10. The van der Waals surface area contributed by atoms with Crippen molar-refractivity contribution in [1.29, 1.82) is 0 Å². The lowest BCUT2D eigenvalue weighted by molar-refractivity contribution is -0.122. The fourth-order valence-electron chi connectivity index (χ4n) is 1.87. The zero-order valence-corrected chi connectivity index (χ0v) is 13.0. The first-order valence-electron chi connectivity index (χ1n) is 7.40. The Morgan fingerprint density at radius 2 is 2.10 bits per heavy atom. The number of carbonyl (C=O) groups is 1. The van der Waals surface area contributed by atoms with E-state index in [1.807, 2.05) is 13.8 Å². The first-order valence-corrected chi connectivity index (χ1v) is 7.40. The number of aromatic nitrogens is 3. The number of nitrogens with zero attached hydrogens (tertiary/aromatic N) is 3. The van der Waals surface area contributed by atoms with Crippen LogP contribution in [0.15, 0.2) is 6.20 Å². The topological polar surface area (TPSA) is 71.8 Å². The molecule has 0 saturated carbocycles. The number of carbonyl (C=O) groups excluding carboxylic acids is 1. The van der Waals surface area contributed by atoms with Crippen LogP contribution < -0.4 is 10.6 Å². The van der Waals surface area contributed by atoms with Crippen LogP contribution in [0.5, 0.6) is 0 Å². The first kappa shape index (κ1) is 16.6. The number of amides is 1. The van der Waals surface area contributed by atoms with Gasteiger partial charge in [0.25, 0.3) is 0 Å². The predicted octanol–water partition coefficient (Wildman–Crippen LogP) is 1.33. The molecule has 1 atom stereocenters. The van der Waals surface area contributed by atoms with Gasteiger partial charge in [0.1, 0.15) is 6.54 Å². The minimum atomic E-state index is -0.0128. The lowest BCUT2D eigenvalue weighted by Crippen LogP contribution is -2.35. The van der Waals surface area contributed by atoms with Gasteiger partial charge < -0.3 is 10.6 Å². The Balaban J connectivity index is 2.32. The van der Waals surface area contributed by atoms with Gasteiger partial charge >= 0.3 is 0 Å². The zero-order valence-electron chi connectivity index (χ0n) is 13.0. The maximum absolute atomic E-state index is 11.9. The molecular formula is C14H27N5O. The zero-order chi connectivity index (χ0) is 15.0. The molecule has 0 fully saturated rings. The van der Waals surface area contributed by atoms with Gasteiger partial charge in [-0.05, 0) is 32.2 Å². The molecule has 1 amide bonds. The van der Waals surface area contributed by atoms with Crippen molar-refractivity contribution in [3.05, 3.63) is 11.9 Å². The summed E-state index contributed by atoms with van der Waals surface area (Å²) in [5, 5.41) is 14.1. The Labute approximate surface area is 121 Å². The third-order valence-electron chi connectivity index (χ3n) is 3.03. The van der Waals surface area contributed by atoms with Gasteiger partial charge in [0, 0.05) is 12.6 Å². The summed E-state index contributed by atoms with van der Waals surface area (Å²) in [6.45, 7) is 10.3. The highest BCUT2D eigenvalue weighted by Crippen LogP contribution is 2.06. The van der Waals surface area contributed by atoms with Gasteiger partial charge in [0.2, 0.25) is 5.91 Å². The number of hydrogen-bond acceptors (Lipinski definition) is 4. The lowest BCUT2D eigenvalue weighted by Gasteiger charge is -2.14. The molecule has 1 rings (SSSR count). The average molecular weight is 281 g/mol. The van der Waals surface area contributed by atoms with Crippen molar-refractivity contribution in [2.45, 2.75) is 59.7 Å². The summed E-state index contributed by atoms with van der Waals surface area (Å²) < 4.78 is 1.58. The summed E-state index contributed by atoms with van der Waals surface area (Å²) in [5.41, 5.74) is 0.854. The summed E-state index contributed by atoms with van der Waals surface area (Å²) in [6, 6.07) is 0.203. The van der Waals surface area contributed by atoms with Crippen LogP contribution in [-0.2, 0) is 17.9 Å². The molecule has 6 heteroatoms. The third-order valence-corrected chi connectivity index (χ3v) is 3.03. The summed E-state index contributed by atoms with van der Waals surface area (Å²) in [6.07, 6.45) is 3.94. The van der Waals surface area contributed by atoms with E-state index in [4.69, 9.17) is 0 Å². The molecule has 1 heterocycles. The van der Waals surface area contributed by atoms with Gasteiger partial charge in [-0.1, -0.05) is 26.0 Å². The molecule has 0 aliphatic rings. The minimum absolute atomic E-state index is 0.0128. The van der Waals surface area contributed by atoms with E-state index in [0.717, 1.165) is 25.1 Å². The largest absolute Gasteiger partial charge is 0.352 e. The van der Waals surface area contributed by atoms with E-state index in [9.17, 15) is 4.79 Å². The SMILES string of the molecule is CCNCc1cn(CC(=O)NC(C)CCC(C)C)nn1. The molecule has 0 radical (unpaired) electrons. The smallest absolute Gasteiger partial charge is 0.242 e. The van der Waals surface area contributed by atoms with Crippen LogP contribution in [0.1, 0.15) is 46.2 Å². The van der Waals surface area contributed by atoms with Gasteiger partial charge in [0.05, 0.1) is 11.9 Å². The molecule has 1 aromatic heterocycles. The quantitative estimate of drug-likeness (QED) is 0.716. The Morgan fingerprint density at radius 1 is 1.35 bits per heavy atom. The molecule has 0 bridgehead atoms. The normalized spacial score (nSPS) is 12.7. The van der Waals surface area contributed by atoms with Crippen LogP contribution in [-0.4, -0.2) is 33.5 Å². The molecular weight excluding hydrogens is 254 g/mol. The van der Waals surface area contributed by atoms with Gasteiger partial charge in [-0.3, -0.25) is 4.79 Å². The number of nitrogens with one attached hydrogen (secondary N) is 2. The molecule has 0 aliphatic heterocycles. The summed E-state index contributed by atoms with van der Waals surface area (Å²) in [7, 11) is 0. The van der Waals surface area contributed by atoms with Crippen molar-refractivity contribution < 1.29 is 4.79 Å². The average Bonchev–Trinajstić information content (AvgIpc) is 2.81. The lowest BCUT2D eigenvalue weighted by atomic mass is 10.0. The maximum atomic E-state index is 11.9. The number of hydrogen-bond donors (Lipinski definition) is 2. The van der Waals surface area contributed by atoms with Crippen LogP contribution in [0.2, 0.25) is 0 Å². The van der Waals surface area contributed by atoms with Crippen molar-refractivity contribution >= 4 is 5.91 Å². The molecule has 0 aliphatic carbocycles. The molecule has 0 spiro atoms. The second-order valence-corrected chi connectivity index (χ2v) is 5.63. The van der Waals surface area contributed by atoms with Crippen LogP contribution in [0, 0.1) is 5.92 Å². The van der Waals surface area contributed by atoms with Crippen molar-refractivity contribution in [3.8, 4) is 0 Å². The Kier molecular flexibility index (Phi) is 7.22. The van der Waals surface area contributed by atoms with E-state index < -0.39 is 0 Å². The molecule has 1 aromatic rings. The fourth-order valence-corrected chi connectivity index (χ4v) is 1.87. The van der Waals surface area contributed by atoms with Gasteiger partial charge in [-0.15, -0.1) is 5.10 Å². The van der Waals surface area contributed by atoms with Crippen LogP contribution in [0.25, 0.3) is 0 Å². The van der Waals surface area contributed by atoms with E-state index in [2.05, 4.69) is 34.8 Å². The number of rotatable bonds is 9. The van der Waals surface area contributed by atoms with Crippen molar-refractivity contribution in [3.63, 3.8) is 0 Å². The van der Waals surface area contributed by atoms with E-state index in [1.54, 1.807) is 10.9 Å². The molecule has 2 N–H and O–H groups in total. The van der Waals surface area contributed by atoms with E-state index in [1.165, 1.54) is 0 Å². The minimum Gasteiger partial charge on any atom is -0.352 e. The van der Waals surface area contributed by atoms with E-state index in [0.29, 0.717) is 12.5 Å². The second kappa shape index (κ2) is 8.68. The monoisotopic (exact) mass is 281 g/mol. The highest BCUT2D eigenvalue weighted by atomic mass is 16.2. The second-order valence-electron chi connectivity index (χ2n) is 5.63. The summed E-state index contributed by atoms with van der Waals surface area (Å²) in [5.74, 6) is 0.652. The van der Waals surface area contributed by atoms with Crippen LogP contribution >= 0.6 is 0 Å². The van der Waals surface area contributed by atoms with Gasteiger partial charge in [0.15, 0.2) is 0 Å². The first-order chi connectivity index (χ1) is 9.51. The van der Waals surface area contributed by atoms with Gasteiger partial charge in [-0.2, -0.15) is 0 Å². The molecule has 6 nitrogen and oxygen atoms in total. The fraction of sp³-hybridized carbons (Fsp3) is 0.786. The standard InChI is InChI=1S/C14H27N5O/c1-5-15-8-13-9-19(18-17-13)10-14(20)16-12(4)7-6-11(2)3/h9,11-12,15H,5-8,10H2,1-4H3,(H,16,20). The molecule has 0 saturated heterocycles. The van der Waals surface area contributed by atoms with Crippen molar-refractivity contribution in [2.24, 2.45) is 5.92 Å².